The Balaban J connectivity index is 1.41. The minimum atomic E-state index is 0.379. The molecule has 0 bridgehead atoms. The van der Waals surface area contributed by atoms with Crippen LogP contribution in [0.1, 0.15) is 37.7 Å². The van der Waals surface area contributed by atoms with Gasteiger partial charge in [-0.15, -0.1) is 0 Å². The molecule has 1 heterocycles. The van der Waals surface area contributed by atoms with Crippen molar-refractivity contribution < 1.29 is 0 Å². The number of rotatable bonds is 5. The minimum absolute atomic E-state index is 0.379. The zero-order chi connectivity index (χ0) is 15.4. The van der Waals surface area contributed by atoms with Gasteiger partial charge in [0.05, 0.1) is 0 Å². The fourth-order valence-electron chi connectivity index (χ4n) is 3.28. The summed E-state index contributed by atoms with van der Waals surface area (Å²) in [6.07, 6.45) is 3.94. The van der Waals surface area contributed by atoms with Crippen LogP contribution in [0.25, 0.3) is 0 Å². The van der Waals surface area contributed by atoms with Crippen LogP contribution in [-0.4, -0.2) is 36.6 Å². The molecule has 0 aromatic heterocycles. The van der Waals surface area contributed by atoms with E-state index in [-0.39, 0.29) is 0 Å². The van der Waals surface area contributed by atoms with Gasteiger partial charge >= 0.3 is 0 Å². The van der Waals surface area contributed by atoms with Crippen LogP contribution >= 0.6 is 11.8 Å². The predicted octanol–water partition coefficient (Wildman–Crippen LogP) is 3.24. The summed E-state index contributed by atoms with van der Waals surface area (Å²) in [5.74, 6) is 3.73. The van der Waals surface area contributed by atoms with E-state index < -0.39 is 0 Å². The highest BCUT2D eigenvalue weighted by molar-refractivity contribution is 8.00. The van der Waals surface area contributed by atoms with Gasteiger partial charge in [-0.05, 0) is 49.3 Å². The van der Waals surface area contributed by atoms with Crippen LogP contribution in [0.3, 0.4) is 0 Å². The van der Waals surface area contributed by atoms with Crippen molar-refractivity contribution in [3.8, 4) is 0 Å². The Labute approximate surface area is 138 Å². The summed E-state index contributed by atoms with van der Waals surface area (Å²) in [5.41, 5.74) is 1.48. The molecule has 22 heavy (non-hydrogen) atoms. The molecule has 120 valence electrons. The van der Waals surface area contributed by atoms with E-state index in [1.807, 2.05) is 7.05 Å². The highest BCUT2D eigenvalue weighted by atomic mass is 32.2. The van der Waals surface area contributed by atoms with Gasteiger partial charge in [0, 0.05) is 24.9 Å². The van der Waals surface area contributed by atoms with Crippen molar-refractivity contribution in [3.05, 3.63) is 35.9 Å². The molecule has 3 atom stereocenters. The first-order valence-corrected chi connectivity index (χ1v) is 9.32. The van der Waals surface area contributed by atoms with Crippen LogP contribution in [0.5, 0.6) is 0 Å². The predicted molar refractivity (Wildman–Crippen MR) is 96.8 cm³/mol. The molecular weight excluding hydrogens is 290 g/mol. The molecule has 2 aliphatic rings. The quantitative estimate of drug-likeness (QED) is 0.646. The summed E-state index contributed by atoms with van der Waals surface area (Å²) >= 11 is 2.09. The summed E-state index contributed by atoms with van der Waals surface area (Å²) in [7, 11) is 1.86. The molecule has 2 fully saturated rings. The second kappa shape index (κ2) is 6.95. The molecule has 1 aromatic carbocycles. The fraction of sp³-hybridized carbons (Fsp3) is 0.611. The summed E-state index contributed by atoms with van der Waals surface area (Å²) in [6, 6.07) is 10.9. The Kier molecular flexibility index (Phi) is 4.97. The van der Waals surface area contributed by atoms with E-state index in [0.717, 1.165) is 30.9 Å². The molecule has 3 nitrogen and oxygen atoms in total. The second-order valence-corrected chi connectivity index (χ2v) is 8.40. The molecule has 1 aliphatic carbocycles. The molecule has 4 heteroatoms. The fourth-order valence-corrected chi connectivity index (χ4v) is 4.52. The van der Waals surface area contributed by atoms with Gasteiger partial charge in [-0.3, -0.25) is 4.99 Å². The maximum Gasteiger partial charge on any atom is 0.191 e. The Morgan fingerprint density at radius 1 is 1.32 bits per heavy atom. The summed E-state index contributed by atoms with van der Waals surface area (Å²) < 4.78 is 0.379. The van der Waals surface area contributed by atoms with Crippen LogP contribution in [0, 0.1) is 5.92 Å². The number of aliphatic imine (C=N–C) groups is 1. The number of hydrogen-bond acceptors (Lipinski definition) is 2. The molecule has 0 radical (unpaired) electrons. The normalized spacial score (nSPS) is 31.1. The number of hydrogen-bond donors (Lipinski definition) is 2. The molecular formula is C18H27N3S. The number of guanidine groups is 1. The molecule has 0 amide bonds. The molecule has 1 saturated heterocycles. The average Bonchev–Trinajstić information content (AvgIpc) is 3.21. The molecule has 1 aliphatic heterocycles. The Morgan fingerprint density at radius 2 is 2.14 bits per heavy atom. The zero-order valence-electron chi connectivity index (χ0n) is 13.6. The largest absolute Gasteiger partial charge is 0.356 e. The SMILES string of the molecule is CN=C(NCC1CC1c1ccccc1)NCC1(C)CCCS1. The van der Waals surface area contributed by atoms with Gasteiger partial charge in [0.25, 0.3) is 0 Å². The monoisotopic (exact) mass is 317 g/mol. The lowest BCUT2D eigenvalue weighted by molar-refractivity contribution is 0.582. The minimum Gasteiger partial charge on any atom is -0.356 e. The number of thioether (sulfide) groups is 1. The second-order valence-electron chi connectivity index (χ2n) is 6.72. The molecule has 3 unspecified atom stereocenters. The van der Waals surface area contributed by atoms with E-state index in [2.05, 4.69) is 64.6 Å². The van der Waals surface area contributed by atoms with Gasteiger partial charge in [-0.2, -0.15) is 11.8 Å². The first kappa shape index (κ1) is 15.7. The van der Waals surface area contributed by atoms with Gasteiger partial charge in [0.15, 0.2) is 5.96 Å². The highest BCUT2D eigenvalue weighted by Crippen LogP contribution is 2.46. The Bertz CT molecular complexity index is 508. The van der Waals surface area contributed by atoms with Crippen molar-refractivity contribution in [2.45, 2.75) is 36.9 Å². The van der Waals surface area contributed by atoms with E-state index >= 15 is 0 Å². The Morgan fingerprint density at radius 3 is 2.82 bits per heavy atom. The van der Waals surface area contributed by atoms with Crippen LogP contribution in [0.15, 0.2) is 35.3 Å². The van der Waals surface area contributed by atoms with Gasteiger partial charge < -0.3 is 10.6 Å². The van der Waals surface area contributed by atoms with Crippen molar-refractivity contribution in [2.24, 2.45) is 10.9 Å². The zero-order valence-corrected chi connectivity index (χ0v) is 14.5. The number of nitrogens with one attached hydrogen (secondary N) is 2. The number of nitrogens with zero attached hydrogens (tertiary/aromatic N) is 1. The van der Waals surface area contributed by atoms with E-state index in [0.29, 0.717) is 4.75 Å². The maximum absolute atomic E-state index is 4.36. The molecule has 1 saturated carbocycles. The average molecular weight is 318 g/mol. The molecule has 1 aromatic rings. The Hall–Kier alpha value is -1.16. The highest BCUT2D eigenvalue weighted by Gasteiger charge is 2.38. The van der Waals surface area contributed by atoms with E-state index in [4.69, 9.17) is 0 Å². The van der Waals surface area contributed by atoms with Crippen molar-refractivity contribution in [2.75, 3.05) is 25.9 Å². The summed E-state index contributed by atoms with van der Waals surface area (Å²) in [4.78, 5) is 4.36. The maximum atomic E-state index is 4.36. The van der Waals surface area contributed by atoms with Gasteiger partial charge in [-0.25, -0.2) is 0 Å². The molecule has 2 N–H and O–H groups in total. The van der Waals surface area contributed by atoms with Crippen LogP contribution in [0.4, 0.5) is 0 Å². The van der Waals surface area contributed by atoms with Gasteiger partial charge in [0.1, 0.15) is 0 Å². The molecule has 3 rings (SSSR count). The van der Waals surface area contributed by atoms with E-state index in [9.17, 15) is 0 Å². The smallest absolute Gasteiger partial charge is 0.191 e. The van der Waals surface area contributed by atoms with Crippen molar-refractivity contribution >= 4 is 17.7 Å². The molecule has 0 spiro atoms. The topological polar surface area (TPSA) is 36.4 Å². The lowest BCUT2D eigenvalue weighted by Gasteiger charge is -2.24. The third-order valence-corrected chi connectivity index (χ3v) is 6.37. The lowest BCUT2D eigenvalue weighted by Crippen LogP contribution is -2.44. The van der Waals surface area contributed by atoms with Crippen LogP contribution in [-0.2, 0) is 0 Å². The summed E-state index contributed by atoms with van der Waals surface area (Å²) in [6.45, 7) is 4.38. The third kappa shape index (κ3) is 3.97. The van der Waals surface area contributed by atoms with E-state index in [1.54, 1.807) is 0 Å². The standard InChI is InChI=1S/C18H27N3S/c1-18(9-6-10-22-18)13-21-17(19-2)20-12-15-11-16(15)14-7-4-3-5-8-14/h3-5,7-8,15-16H,6,9-13H2,1-2H3,(H2,19,20,21). The first-order valence-electron chi connectivity index (χ1n) is 8.34. The van der Waals surface area contributed by atoms with Gasteiger partial charge in [-0.1, -0.05) is 30.3 Å². The van der Waals surface area contributed by atoms with Crippen molar-refractivity contribution in [1.29, 1.82) is 0 Å². The summed E-state index contributed by atoms with van der Waals surface area (Å²) in [5, 5.41) is 7.01. The number of benzene rings is 1. The van der Waals surface area contributed by atoms with Crippen molar-refractivity contribution in [3.63, 3.8) is 0 Å². The van der Waals surface area contributed by atoms with Gasteiger partial charge in [0.2, 0.25) is 0 Å². The third-order valence-electron chi connectivity index (χ3n) is 4.84. The first-order chi connectivity index (χ1) is 10.7. The lowest BCUT2D eigenvalue weighted by atomic mass is 10.1. The van der Waals surface area contributed by atoms with Crippen molar-refractivity contribution in [1.82, 2.24) is 10.6 Å². The van der Waals surface area contributed by atoms with Crippen LogP contribution in [0.2, 0.25) is 0 Å². The van der Waals surface area contributed by atoms with Crippen LogP contribution < -0.4 is 10.6 Å². The van der Waals surface area contributed by atoms with E-state index in [1.165, 1.54) is 30.6 Å².